The summed E-state index contributed by atoms with van der Waals surface area (Å²) < 4.78 is 0. The SMILES string of the molecule is O=C(O)Cc1cccc(C/C=C2\C(=O)Nc3cc(Cl)c(-c4ccc(-c5ccccc5C5CCC5)nc4)cc32)c1. The number of hydrogen-bond acceptors (Lipinski definition) is 3. The number of nitrogens with one attached hydrogen (secondary N) is 1. The number of nitrogens with zero attached hydrogens (tertiary/aromatic N) is 1. The van der Waals surface area contributed by atoms with E-state index in [1.54, 1.807) is 12.1 Å². The minimum absolute atomic E-state index is 0.0332. The summed E-state index contributed by atoms with van der Waals surface area (Å²) in [4.78, 5) is 28.7. The van der Waals surface area contributed by atoms with Crippen LogP contribution >= 0.6 is 11.6 Å². The van der Waals surface area contributed by atoms with E-state index in [2.05, 4.69) is 29.6 Å². The Bertz CT molecular complexity index is 1620. The van der Waals surface area contributed by atoms with Crippen LogP contribution in [0.25, 0.3) is 28.0 Å². The van der Waals surface area contributed by atoms with Crippen LogP contribution in [0.2, 0.25) is 5.02 Å². The highest BCUT2D eigenvalue weighted by Crippen LogP contribution is 2.42. The molecule has 0 radical (unpaired) electrons. The zero-order valence-electron chi connectivity index (χ0n) is 21.3. The van der Waals surface area contributed by atoms with Gasteiger partial charge in [0.25, 0.3) is 5.91 Å². The Balaban J connectivity index is 1.29. The van der Waals surface area contributed by atoms with Gasteiger partial charge < -0.3 is 10.4 Å². The standard InChI is InChI=1S/C33H27ClN2O3/c34-29-18-31-28(26(33(39)36-31)13-11-20-5-3-6-21(15-20)16-32(37)38)17-27(29)23-12-14-30(35-19-23)25-10-2-1-9-24(25)22-7-4-8-22/h1-3,5-6,9-10,12-15,17-19,22H,4,7-8,11,16H2,(H,36,39)(H,37,38)/b26-13-. The van der Waals surface area contributed by atoms with E-state index in [1.807, 2.05) is 48.7 Å². The van der Waals surface area contributed by atoms with Crippen molar-refractivity contribution < 1.29 is 14.7 Å². The van der Waals surface area contributed by atoms with Crippen molar-refractivity contribution in [3.05, 3.63) is 112 Å². The van der Waals surface area contributed by atoms with Gasteiger partial charge in [-0.15, -0.1) is 0 Å². The van der Waals surface area contributed by atoms with Gasteiger partial charge in [0.2, 0.25) is 0 Å². The van der Waals surface area contributed by atoms with Crippen LogP contribution in [-0.2, 0) is 22.4 Å². The first-order valence-electron chi connectivity index (χ1n) is 13.2. The molecule has 4 aromatic rings. The number of pyridine rings is 1. The summed E-state index contributed by atoms with van der Waals surface area (Å²) in [5, 5.41) is 12.5. The Kier molecular flexibility index (Phi) is 6.76. The average molecular weight is 535 g/mol. The number of aromatic nitrogens is 1. The van der Waals surface area contributed by atoms with Gasteiger partial charge in [0.15, 0.2) is 0 Å². The molecule has 1 fully saturated rings. The summed E-state index contributed by atoms with van der Waals surface area (Å²) in [7, 11) is 0. The molecule has 0 saturated heterocycles. The number of carbonyl (C=O) groups is 2. The van der Waals surface area contributed by atoms with Crippen LogP contribution in [-0.4, -0.2) is 22.0 Å². The molecule has 0 unspecified atom stereocenters. The van der Waals surface area contributed by atoms with Gasteiger partial charge in [0.1, 0.15) is 0 Å². The summed E-state index contributed by atoms with van der Waals surface area (Å²) in [5.41, 5.74) is 8.91. The lowest BCUT2D eigenvalue weighted by Crippen LogP contribution is -2.10. The summed E-state index contributed by atoms with van der Waals surface area (Å²) in [6, 6.07) is 23.8. The van der Waals surface area contributed by atoms with E-state index in [-0.39, 0.29) is 12.3 Å². The molecule has 0 spiro atoms. The van der Waals surface area contributed by atoms with Crippen molar-refractivity contribution in [3.8, 4) is 22.4 Å². The third kappa shape index (κ3) is 5.10. The van der Waals surface area contributed by atoms with E-state index in [1.165, 1.54) is 30.4 Å². The van der Waals surface area contributed by atoms with Crippen LogP contribution in [0.4, 0.5) is 5.69 Å². The molecule has 5 nitrogen and oxygen atoms in total. The molecular formula is C33H27ClN2O3. The maximum atomic E-state index is 12.8. The van der Waals surface area contributed by atoms with Gasteiger partial charge in [-0.05, 0) is 60.1 Å². The Labute approximate surface area is 232 Å². The molecule has 39 heavy (non-hydrogen) atoms. The number of rotatable bonds is 7. The Morgan fingerprint density at radius 1 is 0.974 bits per heavy atom. The molecule has 1 aliphatic carbocycles. The lowest BCUT2D eigenvalue weighted by atomic mass is 9.78. The van der Waals surface area contributed by atoms with Crippen molar-refractivity contribution in [2.24, 2.45) is 0 Å². The number of amides is 1. The molecule has 194 valence electrons. The fourth-order valence-electron chi connectivity index (χ4n) is 5.41. The van der Waals surface area contributed by atoms with E-state index in [4.69, 9.17) is 21.7 Å². The molecule has 3 aromatic carbocycles. The first-order valence-corrected chi connectivity index (χ1v) is 13.5. The number of carbonyl (C=O) groups excluding carboxylic acids is 1. The van der Waals surface area contributed by atoms with Gasteiger partial charge in [-0.25, -0.2) is 0 Å². The van der Waals surface area contributed by atoms with Gasteiger partial charge in [-0.2, -0.15) is 0 Å². The number of benzene rings is 3. The number of carboxylic acids is 1. The summed E-state index contributed by atoms with van der Waals surface area (Å²) in [6.07, 6.45) is 7.96. The normalized spacial score (nSPS) is 15.6. The van der Waals surface area contributed by atoms with Gasteiger partial charge in [0.05, 0.1) is 22.8 Å². The molecule has 1 saturated carbocycles. The van der Waals surface area contributed by atoms with E-state index in [0.29, 0.717) is 28.6 Å². The van der Waals surface area contributed by atoms with Crippen LogP contribution in [0, 0.1) is 0 Å². The second-order valence-corrected chi connectivity index (χ2v) is 10.6. The first-order chi connectivity index (χ1) is 19.0. The van der Waals surface area contributed by atoms with Crippen LogP contribution in [0.1, 0.15) is 47.4 Å². The van der Waals surface area contributed by atoms with Gasteiger partial charge >= 0.3 is 5.97 Å². The van der Waals surface area contributed by atoms with E-state index in [9.17, 15) is 9.59 Å². The number of fused-ring (bicyclic) bond motifs is 1. The first kappa shape index (κ1) is 25.1. The fraction of sp³-hybridized carbons (Fsp3) is 0.182. The molecule has 6 rings (SSSR count). The fourth-order valence-corrected chi connectivity index (χ4v) is 5.69. The monoisotopic (exact) mass is 534 g/mol. The molecule has 1 aromatic heterocycles. The van der Waals surface area contributed by atoms with Crippen LogP contribution in [0.3, 0.4) is 0 Å². The molecule has 6 heteroatoms. The molecule has 1 amide bonds. The number of anilines is 1. The van der Waals surface area contributed by atoms with Gasteiger partial charge in [-0.3, -0.25) is 14.6 Å². The summed E-state index contributed by atoms with van der Waals surface area (Å²) in [6.45, 7) is 0. The van der Waals surface area contributed by atoms with E-state index >= 15 is 0 Å². The van der Waals surface area contributed by atoms with Crippen LogP contribution < -0.4 is 5.32 Å². The number of halogens is 1. The van der Waals surface area contributed by atoms with Crippen molar-refractivity contribution in [1.29, 1.82) is 0 Å². The molecule has 0 bridgehead atoms. The molecule has 1 aliphatic heterocycles. The van der Waals surface area contributed by atoms with Gasteiger partial charge in [-0.1, -0.05) is 78.7 Å². The van der Waals surface area contributed by atoms with Crippen LogP contribution in [0.5, 0.6) is 0 Å². The predicted molar refractivity (Wildman–Crippen MR) is 155 cm³/mol. The van der Waals surface area contributed by atoms with Gasteiger partial charge in [0, 0.05) is 34.0 Å². The minimum atomic E-state index is -0.871. The van der Waals surface area contributed by atoms with E-state index < -0.39 is 5.97 Å². The second-order valence-electron chi connectivity index (χ2n) is 10.2. The molecular weight excluding hydrogens is 508 g/mol. The van der Waals surface area contributed by atoms with Crippen molar-refractivity contribution >= 4 is 34.7 Å². The highest BCUT2D eigenvalue weighted by molar-refractivity contribution is 6.36. The van der Waals surface area contributed by atoms with Crippen LogP contribution in [0.15, 0.2) is 85.1 Å². The average Bonchev–Trinajstić information content (AvgIpc) is 3.20. The number of allylic oxidation sites excluding steroid dienone is 1. The number of carboxylic acid groups (broad SMARTS) is 1. The van der Waals surface area contributed by atoms with Crippen molar-refractivity contribution in [2.45, 2.75) is 38.0 Å². The molecule has 2 aliphatic rings. The zero-order chi connectivity index (χ0) is 26.9. The highest BCUT2D eigenvalue weighted by atomic mass is 35.5. The maximum absolute atomic E-state index is 12.8. The Morgan fingerprint density at radius 3 is 2.54 bits per heavy atom. The Hall–Kier alpha value is -4.22. The quantitative estimate of drug-likeness (QED) is 0.240. The van der Waals surface area contributed by atoms with Crippen molar-refractivity contribution in [1.82, 2.24) is 4.98 Å². The largest absolute Gasteiger partial charge is 0.481 e. The lowest BCUT2D eigenvalue weighted by Gasteiger charge is -2.27. The molecule has 2 N–H and O–H groups in total. The number of hydrogen-bond donors (Lipinski definition) is 2. The highest BCUT2D eigenvalue weighted by Gasteiger charge is 2.26. The van der Waals surface area contributed by atoms with Crippen molar-refractivity contribution in [3.63, 3.8) is 0 Å². The lowest BCUT2D eigenvalue weighted by molar-refractivity contribution is -0.136. The third-order valence-corrected chi connectivity index (χ3v) is 7.95. The Morgan fingerprint density at radius 2 is 1.79 bits per heavy atom. The topological polar surface area (TPSA) is 79.3 Å². The molecule has 0 atom stereocenters. The smallest absolute Gasteiger partial charge is 0.307 e. The number of aliphatic carboxylic acids is 1. The van der Waals surface area contributed by atoms with E-state index in [0.717, 1.165) is 33.5 Å². The zero-order valence-corrected chi connectivity index (χ0v) is 22.0. The minimum Gasteiger partial charge on any atom is -0.481 e. The summed E-state index contributed by atoms with van der Waals surface area (Å²) in [5.74, 6) is -0.436. The molecule has 2 heterocycles. The summed E-state index contributed by atoms with van der Waals surface area (Å²) >= 11 is 6.67. The predicted octanol–water partition coefficient (Wildman–Crippen LogP) is 7.54. The maximum Gasteiger partial charge on any atom is 0.307 e. The van der Waals surface area contributed by atoms with Crippen molar-refractivity contribution in [2.75, 3.05) is 5.32 Å². The third-order valence-electron chi connectivity index (χ3n) is 7.64. The second kappa shape index (κ2) is 10.5.